The van der Waals surface area contributed by atoms with Crippen LogP contribution in [0.1, 0.15) is 0 Å². The first-order valence-corrected chi connectivity index (χ1v) is 27.9. The molecule has 0 aliphatic carbocycles. The van der Waals surface area contributed by atoms with Crippen molar-refractivity contribution in [2.45, 2.75) is 0 Å². The summed E-state index contributed by atoms with van der Waals surface area (Å²) in [7, 11) is -6.58. The second kappa shape index (κ2) is 21.0. The van der Waals surface area contributed by atoms with Crippen molar-refractivity contribution >= 4 is 82.4 Å². The summed E-state index contributed by atoms with van der Waals surface area (Å²) in [6, 6.07) is 96.1. The van der Waals surface area contributed by atoms with Crippen LogP contribution in [0.5, 0.6) is 0 Å². The number of hydrogen-bond acceptors (Lipinski definition) is 1. The summed E-state index contributed by atoms with van der Waals surface area (Å²) in [6.07, 6.45) is 0. The zero-order valence-electron chi connectivity index (χ0n) is 33.2. The van der Waals surface area contributed by atoms with Crippen LogP contribution in [0, 0.1) is 0 Å². The molecule has 9 aromatic rings. The molecule has 9 aromatic carbocycles. The standard InChI is InChI=1S/C37H32OP2.3C6H5.Rh.Sb.3H/c38-37(39(31-19-7-1-8-20-31,32-21-9-2-10-22-32)33-23-11-3-12-24-33)40(34-25-13-4-14-26-34,35-27-15-5-16-28-35)36-29-17-6-18-30-36;3*1-2-4-6-5-3-1;;;;;/h1-30,39-40H;3*1-5H;;;;;. The van der Waals surface area contributed by atoms with Crippen LogP contribution in [0.2, 0.25) is 0 Å². The Morgan fingerprint density at radius 2 is 0.400 bits per heavy atom. The van der Waals surface area contributed by atoms with E-state index in [1.807, 2.05) is 36.4 Å². The second-order valence-corrected chi connectivity index (χ2v) is 28.6. The predicted octanol–water partition coefficient (Wildman–Crippen LogP) is 7.96. The normalized spacial score (nSPS) is 11.6. The van der Waals surface area contributed by atoms with Gasteiger partial charge >= 0.3 is 380 Å². The quantitative estimate of drug-likeness (QED) is 0.0951. The Labute approximate surface area is 376 Å². The van der Waals surface area contributed by atoms with Crippen molar-refractivity contribution in [1.82, 2.24) is 0 Å². The van der Waals surface area contributed by atoms with Gasteiger partial charge in [0.2, 0.25) is 0 Å². The minimum atomic E-state index is -3.29. The zero-order chi connectivity index (χ0) is 40.2. The van der Waals surface area contributed by atoms with E-state index in [0.29, 0.717) is 5.27 Å². The third-order valence-corrected chi connectivity index (χ3v) is 28.7. The summed E-state index contributed by atoms with van der Waals surface area (Å²) >= 11 is -1.83. The van der Waals surface area contributed by atoms with Crippen LogP contribution in [0.3, 0.4) is 0 Å². The molecule has 1 nitrogen and oxygen atoms in total. The Kier molecular flexibility index (Phi) is 15.0. The average molecular weight is 1010 g/mol. The molecule has 1 radical (unpaired) electrons. The van der Waals surface area contributed by atoms with Gasteiger partial charge in [-0.15, -0.1) is 0 Å². The predicted molar refractivity (Wildman–Crippen MR) is 267 cm³/mol. The molecule has 0 aromatic heterocycles. The Bertz CT molecular complexity index is 2230. The van der Waals surface area contributed by atoms with Crippen molar-refractivity contribution in [2.24, 2.45) is 0 Å². The van der Waals surface area contributed by atoms with E-state index < -0.39 is 34.7 Å². The summed E-state index contributed by atoms with van der Waals surface area (Å²) in [6.45, 7) is 0. The van der Waals surface area contributed by atoms with E-state index >= 15 is 4.79 Å². The fraction of sp³-hybridized carbons (Fsp3) is 0. The zero-order valence-corrected chi connectivity index (χ0v) is 39.8. The molecule has 5 heteroatoms. The van der Waals surface area contributed by atoms with Crippen molar-refractivity contribution in [3.05, 3.63) is 273 Å². The maximum atomic E-state index is 16.4. The molecule has 0 spiro atoms. The summed E-state index contributed by atoms with van der Waals surface area (Å²) in [4.78, 5) is 16.4. The molecule has 0 N–H and O–H groups in total. The van der Waals surface area contributed by atoms with Crippen LogP contribution in [0.25, 0.3) is 0 Å². The van der Waals surface area contributed by atoms with Gasteiger partial charge in [-0.1, -0.05) is 0 Å². The van der Waals surface area contributed by atoms with Gasteiger partial charge in [0.05, 0.1) is 0 Å². The number of hydrogen-bond donors (Lipinski definition) is 0. The third-order valence-electron chi connectivity index (χ3n) is 11.0. The van der Waals surface area contributed by atoms with E-state index in [9.17, 15) is 0 Å². The maximum absolute atomic E-state index is 16.4. The van der Waals surface area contributed by atoms with Crippen LogP contribution >= 0.6 is 14.5 Å². The van der Waals surface area contributed by atoms with Gasteiger partial charge in [-0.3, -0.25) is 0 Å². The number of carbonyl (C=O) groups is 1. The molecule has 0 amide bonds. The van der Waals surface area contributed by atoms with E-state index in [2.05, 4.69) is 237 Å². The van der Waals surface area contributed by atoms with E-state index in [4.69, 9.17) is 0 Å². The molecule has 0 aliphatic rings. The van der Waals surface area contributed by atoms with Crippen molar-refractivity contribution in [2.75, 3.05) is 0 Å². The monoisotopic (exact) mass is 1010 g/mol. The first-order valence-electron chi connectivity index (χ1n) is 20.1. The molecular weight excluding hydrogens is 963 g/mol. The van der Waals surface area contributed by atoms with Gasteiger partial charge < -0.3 is 0 Å². The molecule has 9 rings (SSSR count). The molecule has 0 unspecified atom stereocenters. The van der Waals surface area contributed by atoms with Crippen molar-refractivity contribution in [1.29, 1.82) is 0 Å². The SMILES string of the molecule is O=C([PH](c1ccccc1)(c1ccccc1)c1ccccc1)[PH](c1ccccc1)(c1ccccc1)c1ccccc1.[RhH3].c1cc[c]([Sb]([c]2ccccc2)[c]2ccccc2)cc1. The Balaban J connectivity index is 0.000000228. The van der Waals surface area contributed by atoms with Gasteiger partial charge in [0.25, 0.3) is 0 Å². The molecule has 0 saturated carbocycles. The van der Waals surface area contributed by atoms with Crippen LogP contribution in [-0.4, -0.2) is 25.5 Å². The van der Waals surface area contributed by atoms with Crippen LogP contribution in [-0.2, 0) is 19.5 Å². The van der Waals surface area contributed by atoms with Gasteiger partial charge in [-0.05, 0) is 0 Å². The van der Waals surface area contributed by atoms with E-state index in [1.165, 1.54) is 10.5 Å². The molecule has 0 heterocycles. The van der Waals surface area contributed by atoms with Gasteiger partial charge in [0, 0.05) is 0 Å². The Hall–Kier alpha value is -5.05. The molecular formula is C55H50OP2RhSb. The minimum absolute atomic E-state index is 0. The number of rotatable bonds is 11. The summed E-state index contributed by atoms with van der Waals surface area (Å²) in [5.74, 6) is 0. The van der Waals surface area contributed by atoms with E-state index in [1.54, 1.807) is 0 Å². The fourth-order valence-corrected chi connectivity index (χ4v) is 27.5. The van der Waals surface area contributed by atoms with Gasteiger partial charge in [-0.25, -0.2) is 0 Å². The summed E-state index contributed by atoms with van der Waals surface area (Å²) < 4.78 is 4.55. The Morgan fingerprint density at radius 3 is 0.567 bits per heavy atom. The summed E-state index contributed by atoms with van der Waals surface area (Å²) in [5, 5.41) is 7.00. The van der Waals surface area contributed by atoms with Gasteiger partial charge in [0.15, 0.2) is 0 Å². The number of benzene rings is 9. The van der Waals surface area contributed by atoms with Crippen molar-refractivity contribution < 1.29 is 24.3 Å². The molecule has 0 saturated heterocycles. The first kappa shape index (κ1) is 43.1. The van der Waals surface area contributed by atoms with Crippen molar-refractivity contribution in [3.8, 4) is 0 Å². The first-order chi connectivity index (χ1) is 29.2. The second-order valence-electron chi connectivity index (χ2n) is 14.4. The average Bonchev–Trinajstić information content (AvgIpc) is 3.33. The molecule has 60 heavy (non-hydrogen) atoms. The van der Waals surface area contributed by atoms with Gasteiger partial charge in [-0.2, -0.15) is 0 Å². The van der Waals surface area contributed by atoms with E-state index in [0.717, 1.165) is 31.8 Å². The molecule has 0 bridgehead atoms. The summed E-state index contributed by atoms with van der Waals surface area (Å²) in [5.41, 5.74) is 0. The third kappa shape index (κ3) is 8.87. The topological polar surface area (TPSA) is 17.1 Å². The Morgan fingerprint density at radius 1 is 0.250 bits per heavy atom. The van der Waals surface area contributed by atoms with Gasteiger partial charge in [0.1, 0.15) is 0 Å². The molecule has 0 fully saturated rings. The van der Waals surface area contributed by atoms with Crippen LogP contribution in [0.15, 0.2) is 273 Å². The van der Waals surface area contributed by atoms with Crippen LogP contribution in [0.4, 0.5) is 4.79 Å². The fourth-order valence-electron chi connectivity index (χ4n) is 8.38. The molecule has 0 aliphatic heterocycles. The molecule has 0 atom stereocenters. The van der Waals surface area contributed by atoms with Crippen molar-refractivity contribution in [3.63, 3.8) is 0 Å². The molecule has 300 valence electrons. The number of carbonyl (C=O) groups excluding carboxylic acids is 1. The van der Waals surface area contributed by atoms with E-state index in [-0.39, 0.29) is 19.5 Å². The van der Waals surface area contributed by atoms with Crippen LogP contribution < -0.4 is 42.4 Å².